The third-order valence-corrected chi connectivity index (χ3v) is 2.18. The predicted molar refractivity (Wildman–Crippen MR) is 66.3 cm³/mol. The number of benzene rings is 1. The Morgan fingerprint density at radius 2 is 1.88 bits per heavy atom. The van der Waals surface area contributed by atoms with Crippen molar-refractivity contribution in [3.63, 3.8) is 0 Å². The zero-order valence-electron chi connectivity index (χ0n) is 9.64. The summed E-state index contributed by atoms with van der Waals surface area (Å²) in [5, 5.41) is 2.65. The van der Waals surface area contributed by atoms with Crippen LogP contribution in [0.1, 0.15) is 6.92 Å². The first kappa shape index (κ1) is 12.8. The molecule has 6 nitrogen and oxygen atoms in total. The highest BCUT2D eigenvalue weighted by atomic mass is 16.2. The largest absolute Gasteiger partial charge is 0.399 e. The van der Waals surface area contributed by atoms with Crippen LogP contribution in [0.4, 0.5) is 16.2 Å². The van der Waals surface area contributed by atoms with Crippen LogP contribution in [0.2, 0.25) is 0 Å². The minimum Gasteiger partial charge on any atom is -0.399 e. The van der Waals surface area contributed by atoms with Gasteiger partial charge in [0.05, 0.1) is 0 Å². The predicted octanol–water partition coefficient (Wildman–Crippen LogP) is 0.608. The van der Waals surface area contributed by atoms with E-state index in [4.69, 9.17) is 11.5 Å². The molecule has 0 saturated carbocycles. The highest BCUT2D eigenvalue weighted by Crippen LogP contribution is 2.11. The first-order valence-electron chi connectivity index (χ1n) is 5.22. The Morgan fingerprint density at radius 3 is 2.35 bits per heavy atom. The second kappa shape index (κ2) is 5.74. The fourth-order valence-corrected chi connectivity index (χ4v) is 1.28. The number of nitrogens with zero attached hydrogens (tertiary/aromatic N) is 1. The summed E-state index contributed by atoms with van der Waals surface area (Å²) in [4.78, 5) is 23.8. The summed E-state index contributed by atoms with van der Waals surface area (Å²) in [5.41, 5.74) is 11.8. The number of urea groups is 1. The van der Waals surface area contributed by atoms with Crippen LogP contribution in [-0.4, -0.2) is 29.9 Å². The zero-order chi connectivity index (χ0) is 12.8. The van der Waals surface area contributed by atoms with Crippen molar-refractivity contribution in [2.24, 2.45) is 5.73 Å². The molecule has 6 heteroatoms. The number of rotatable bonds is 4. The molecular formula is C11H16N4O2. The molecule has 0 bridgehead atoms. The summed E-state index contributed by atoms with van der Waals surface area (Å²) in [6.07, 6.45) is 0. The number of hydrogen-bond donors (Lipinski definition) is 3. The Labute approximate surface area is 99.6 Å². The Hall–Kier alpha value is -2.24. The van der Waals surface area contributed by atoms with Crippen LogP contribution >= 0.6 is 0 Å². The second-order valence-electron chi connectivity index (χ2n) is 3.53. The topological polar surface area (TPSA) is 101 Å². The molecular weight excluding hydrogens is 220 g/mol. The van der Waals surface area contributed by atoms with E-state index in [-0.39, 0.29) is 12.6 Å². The molecule has 0 aliphatic heterocycles. The molecule has 0 aliphatic rings. The van der Waals surface area contributed by atoms with Gasteiger partial charge in [0.15, 0.2) is 0 Å². The molecule has 0 saturated heterocycles. The van der Waals surface area contributed by atoms with E-state index in [1.165, 1.54) is 4.90 Å². The summed E-state index contributed by atoms with van der Waals surface area (Å²) in [6, 6.07) is 6.37. The lowest BCUT2D eigenvalue weighted by molar-refractivity contribution is -0.118. The molecule has 0 atom stereocenters. The number of nitrogen functional groups attached to an aromatic ring is 1. The highest BCUT2D eigenvalue weighted by molar-refractivity contribution is 5.92. The number of carbonyl (C=O) groups excluding carboxylic acids is 2. The summed E-state index contributed by atoms with van der Waals surface area (Å²) in [5.74, 6) is -0.542. The molecule has 17 heavy (non-hydrogen) atoms. The Balaban J connectivity index is 2.63. The van der Waals surface area contributed by atoms with Crippen molar-refractivity contribution < 1.29 is 9.59 Å². The third-order valence-electron chi connectivity index (χ3n) is 2.18. The number of amides is 3. The molecule has 0 spiro atoms. The van der Waals surface area contributed by atoms with Gasteiger partial charge in [-0.1, -0.05) is 0 Å². The molecule has 0 aromatic heterocycles. The molecule has 5 N–H and O–H groups in total. The van der Waals surface area contributed by atoms with Crippen molar-refractivity contribution in [3.05, 3.63) is 24.3 Å². The van der Waals surface area contributed by atoms with Gasteiger partial charge in [-0.05, 0) is 31.2 Å². The van der Waals surface area contributed by atoms with Crippen molar-refractivity contribution >= 4 is 23.3 Å². The van der Waals surface area contributed by atoms with Crippen molar-refractivity contribution in [1.29, 1.82) is 0 Å². The van der Waals surface area contributed by atoms with Gasteiger partial charge in [0.1, 0.15) is 6.54 Å². The molecule has 1 aromatic carbocycles. The lowest BCUT2D eigenvalue weighted by Crippen LogP contribution is -2.40. The molecule has 0 unspecified atom stereocenters. The van der Waals surface area contributed by atoms with E-state index in [1.54, 1.807) is 31.2 Å². The van der Waals surface area contributed by atoms with E-state index >= 15 is 0 Å². The average Bonchev–Trinajstić information content (AvgIpc) is 2.28. The maximum atomic E-state index is 11.7. The van der Waals surface area contributed by atoms with Gasteiger partial charge in [-0.25, -0.2) is 4.79 Å². The third kappa shape index (κ3) is 4.02. The van der Waals surface area contributed by atoms with Crippen LogP contribution in [0, 0.1) is 0 Å². The number of carbonyl (C=O) groups is 2. The van der Waals surface area contributed by atoms with E-state index in [0.717, 1.165) is 0 Å². The Kier molecular flexibility index (Phi) is 4.33. The first-order chi connectivity index (χ1) is 8.02. The van der Waals surface area contributed by atoms with Crippen molar-refractivity contribution in [2.45, 2.75) is 6.92 Å². The minimum absolute atomic E-state index is 0.0999. The van der Waals surface area contributed by atoms with Gasteiger partial charge < -0.3 is 21.7 Å². The van der Waals surface area contributed by atoms with Gasteiger partial charge in [-0.15, -0.1) is 0 Å². The smallest absolute Gasteiger partial charge is 0.322 e. The fourth-order valence-electron chi connectivity index (χ4n) is 1.28. The molecule has 0 radical (unpaired) electrons. The SMILES string of the molecule is CCN(CC(N)=O)C(=O)Nc1ccc(N)cc1. The summed E-state index contributed by atoms with van der Waals surface area (Å²) in [6.45, 7) is 2.08. The minimum atomic E-state index is -0.542. The van der Waals surface area contributed by atoms with Gasteiger partial charge in [0.2, 0.25) is 5.91 Å². The summed E-state index contributed by atoms with van der Waals surface area (Å²) >= 11 is 0. The van der Waals surface area contributed by atoms with E-state index in [1.807, 2.05) is 0 Å². The monoisotopic (exact) mass is 236 g/mol. The molecule has 0 heterocycles. The zero-order valence-corrected chi connectivity index (χ0v) is 9.64. The fraction of sp³-hybridized carbons (Fsp3) is 0.273. The quantitative estimate of drug-likeness (QED) is 0.667. The number of hydrogen-bond acceptors (Lipinski definition) is 3. The number of likely N-dealkylation sites (N-methyl/N-ethyl adjacent to an activating group) is 1. The summed E-state index contributed by atoms with van der Waals surface area (Å²) in [7, 11) is 0. The average molecular weight is 236 g/mol. The molecule has 1 aromatic rings. The van der Waals surface area contributed by atoms with Crippen molar-refractivity contribution in [3.8, 4) is 0 Å². The van der Waals surface area contributed by atoms with Gasteiger partial charge in [0, 0.05) is 17.9 Å². The Bertz CT molecular complexity index is 402. The van der Waals surface area contributed by atoms with Crippen LogP contribution in [0.25, 0.3) is 0 Å². The molecule has 3 amide bonds. The Morgan fingerprint density at radius 1 is 1.29 bits per heavy atom. The van der Waals surface area contributed by atoms with Crippen LogP contribution < -0.4 is 16.8 Å². The van der Waals surface area contributed by atoms with Gasteiger partial charge >= 0.3 is 6.03 Å². The standard InChI is InChI=1S/C11H16N4O2/c1-2-15(7-10(13)16)11(17)14-9-5-3-8(12)4-6-9/h3-6H,2,7,12H2,1H3,(H2,13,16)(H,14,17). The van der Waals surface area contributed by atoms with Crippen molar-refractivity contribution in [1.82, 2.24) is 4.90 Å². The lowest BCUT2D eigenvalue weighted by Gasteiger charge is -2.19. The molecule has 0 aliphatic carbocycles. The van der Waals surface area contributed by atoms with Gasteiger partial charge in [0.25, 0.3) is 0 Å². The second-order valence-corrected chi connectivity index (χ2v) is 3.53. The first-order valence-corrected chi connectivity index (χ1v) is 5.22. The molecule has 0 fully saturated rings. The maximum Gasteiger partial charge on any atom is 0.322 e. The van der Waals surface area contributed by atoms with E-state index < -0.39 is 5.91 Å². The number of nitrogens with two attached hydrogens (primary N) is 2. The number of nitrogens with one attached hydrogen (secondary N) is 1. The van der Waals surface area contributed by atoms with Crippen LogP contribution in [0.5, 0.6) is 0 Å². The van der Waals surface area contributed by atoms with E-state index in [9.17, 15) is 9.59 Å². The highest BCUT2D eigenvalue weighted by Gasteiger charge is 2.13. The van der Waals surface area contributed by atoms with Crippen LogP contribution in [0.15, 0.2) is 24.3 Å². The number of anilines is 2. The summed E-state index contributed by atoms with van der Waals surface area (Å²) < 4.78 is 0. The van der Waals surface area contributed by atoms with Gasteiger partial charge in [-0.2, -0.15) is 0 Å². The molecule has 92 valence electrons. The maximum absolute atomic E-state index is 11.7. The number of primary amides is 1. The van der Waals surface area contributed by atoms with Crippen molar-refractivity contribution in [2.75, 3.05) is 24.1 Å². The van der Waals surface area contributed by atoms with Crippen LogP contribution in [0.3, 0.4) is 0 Å². The molecule has 1 rings (SSSR count). The van der Waals surface area contributed by atoms with E-state index in [2.05, 4.69) is 5.32 Å². The van der Waals surface area contributed by atoms with Gasteiger partial charge in [-0.3, -0.25) is 4.79 Å². The lowest BCUT2D eigenvalue weighted by atomic mass is 10.3. The van der Waals surface area contributed by atoms with Crippen LogP contribution in [-0.2, 0) is 4.79 Å². The normalized spacial score (nSPS) is 9.71. The van der Waals surface area contributed by atoms with E-state index in [0.29, 0.717) is 17.9 Å².